The fraction of sp³-hybridized carbons (Fsp3) is 0.591. The third-order valence-corrected chi connectivity index (χ3v) is 8.37. The van der Waals surface area contributed by atoms with E-state index in [0.717, 1.165) is 23.4 Å². The molecule has 0 amide bonds. The Hall–Kier alpha value is -1.89. The average molecular weight is 384 g/mol. The van der Waals surface area contributed by atoms with E-state index in [2.05, 4.69) is 28.0 Å². The molecule has 2 unspecified atom stereocenters. The van der Waals surface area contributed by atoms with Crippen LogP contribution in [-0.4, -0.2) is 66.7 Å². The first-order valence-corrected chi connectivity index (χ1v) is 10.1. The number of carbonyl (C=O) groups is 1. The molecular formula is C22H28N2O4. The summed E-state index contributed by atoms with van der Waals surface area (Å²) in [6.45, 7) is 3.14. The van der Waals surface area contributed by atoms with Gasteiger partial charge in [-0.05, 0) is 31.4 Å². The maximum Gasteiger partial charge on any atom is 0.315 e. The number of hydrogen-bond donors (Lipinski definition) is 2. The molecule has 3 saturated heterocycles. The number of rotatable bonds is 2. The molecule has 4 heterocycles. The number of ether oxygens (including phenoxy) is 1. The molecule has 6 heteroatoms. The summed E-state index contributed by atoms with van der Waals surface area (Å²) in [6, 6.07) is 8.11. The number of methoxy groups -OCH3 is 1. The van der Waals surface area contributed by atoms with Gasteiger partial charge in [0.05, 0.1) is 25.2 Å². The van der Waals surface area contributed by atoms with Gasteiger partial charge in [-0.25, -0.2) is 0 Å². The van der Waals surface area contributed by atoms with E-state index in [4.69, 9.17) is 4.74 Å². The van der Waals surface area contributed by atoms with Crippen molar-refractivity contribution in [3.8, 4) is 0 Å². The lowest BCUT2D eigenvalue weighted by Gasteiger charge is -2.61. The second kappa shape index (κ2) is 5.59. The molecule has 1 spiro atoms. The van der Waals surface area contributed by atoms with Crippen LogP contribution in [0.15, 0.2) is 35.9 Å². The Morgan fingerprint density at radius 2 is 2.14 bits per heavy atom. The van der Waals surface area contributed by atoms with Crippen LogP contribution in [0.3, 0.4) is 0 Å². The molecule has 1 aliphatic carbocycles. The molecule has 6 atom stereocenters. The van der Waals surface area contributed by atoms with Crippen LogP contribution < -0.4 is 4.90 Å². The number of carbonyl (C=O) groups excluding carboxylic acids is 1. The molecule has 150 valence electrons. The Balaban J connectivity index is 1.96. The van der Waals surface area contributed by atoms with Crippen LogP contribution in [0.5, 0.6) is 0 Å². The van der Waals surface area contributed by atoms with Crippen molar-refractivity contribution < 1.29 is 19.7 Å². The van der Waals surface area contributed by atoms with Crippen molar-refractivity contribution in [3.63, 3.8) is 0 Å². The zero-order valence-corrected chi connectivity index (χ0v) is 16.7. The monoisotopic (exact) mass is 384 g/mol. The van der Waals surface area contributed by atoms with E-state index in [1.165, 1.54) is 7.11 Å². The standard InChI is InChI=1S/C22H28N2O4/c1-4-14-12-24-10-9-21-15-7-5-6-8-17(15)23(2)22(21,24)18(26)11-16(14)20(21,13-25)19(27)28-3/h4-8,16,18,25-26H,9-13H2,1-3H3/b14-4-/t16-,18+,20-,21-,22?/m0/s1. The number of aliphatic hydroxyl groups excluding tert-OH is 2. The van der Waals surface area contributed by atoms with Crippen molar-refractivity contribution >= 4 is 11.7 Å². The molecular weight excluding hydrogens is 356 g/mol. The van der Waals surface area contributed by atoms with Crippen LogP contribution in [-0.2, 0) is 14.9 Å². The van der Waals surface area contributed by atoms with Crippen molar-refractivity contribution in [3.05, 3.63) is 41.5 Å². The highest BCUT2D eigenvalue weighted by atomic mass is 16.5. The predicted molar refractivity (Wildman–Crippen MR) is 105 cm³/mol. The second-order valence-electron chi connectivity index (χ2n) is 8.67. The number of esters is 1. The van der Waals surface area contributed by atoms with Crippen molar-refractivity contribution in [2.24, 2.45) is 11.3 Å². The lowest BCUT2D eigenvalue weighted by molar-refractivity contribution is -0.187. The predicted octanol–water partition coefficient (Wildman–Crippen LogP) is 1.27. The number of aliphatic hydroxyl groups is 2. The first kappa shape index (κ1) is 18.2. The summed E-state index contributed by atoms with van der Waals surface area (Å²) >= 11 is 0. The molecule has 1 saturated carbocycles. The maximum absolute atomic E-state index is 13.5. The fourth-order valence-electron chi connectivity index (χ4n) is 7.56. The van der Waals surface area contributed by atoms with E-state index in [1.807, 2.05) is 26.1 Å². The molecule has 4 bridgehead atoms. The van der Waals surface area contributed by atoms with Crippen LogP contribution in [0.4, 0.5) is 5.69 Å². The van der Waals surface area contributed by atoms with Gasteiger partial charge >= 0.3 is 5.97 Å². The van der Waals surface area contributed by atoms with Crippen molar-refractivity contribution in [2.75, 3.05) is 38.8 Å². The molecule has 4 fully saturated rings. The molecule has 2 N–H and O–H groups in total. The quantitative estimate of drug-likeness (QED) is 0.591. The second-order valence-corrected chi connectivity index (χ2v) is 8.67. The Morgan fingerprint density at radius 3 is 2.82 bits per heavy atom. The molecule has 1 aromatic carbocycles. The van der Waals surface area contributed by atoms with Gasteiger partial charge in [-0.1, -0.05) is 29.8 Å². The van der Waals surface area contributed by atoms with Gasteiger partial charge in [0.25, 0.3) is 0 Å². The van der Waals surface area contributed by atoms with Crippen LogP contribution >= 0.6 is 0 Å². The summed E-state index contributed by atoms with van der Waals surface area (Å²) in [7, 11) is 3.42. The molecule has 4 aliphatic heterocycles. The fourth-order valence-corrected chi connectivity index (χ4v) is 7.56. The van der Waals surface area contributed by atoms with E-state index >= 15 is 0 Å². The van der Waals surface area contributed by atoms with Crippen LogP contribution in [0.2, 0.25) is 0 Å². The lowest BCUT2D eigenvalue weighted by Crippen LogP contribution is -2.77. The van der Waals surface area contributed by atoms with Gasteiger partial charge in [0.1, 0.15) is 11.1 Å². The number of anilines is 1. The van der Waals surface area contributed by atoms with Gasteiger partial charge in [-0.15, -0.1) is 0 Å². The summed E-state index contributed by atoms with van der Waals surface area (Å²) in [5.74, 6) is -0.632. The first-order chi connectivity index (χ1) is 13.5. The molecule has 0 aromatic heterocycles. The zero-order valence-electron chi connectivity index (χ0n) is 16.7. The largest absolute Gasteiger partial charge is 0.468 e. The zero-order chi connectivity index (χ0) is 19.9. The van der Waals surface area contributed by atoms with E-state index in [-0.39, 0.29) is 18.5 Å². The molecule has 1 aromatic rings. The lowest BCUT2D eigenvalue weighted by atomic mass is 9.45. The maximum atomic E-state index is 13.5. The van der Waals surface area contributed by atoms with Gasteiger partial charge in [0.2, 0.25) is 0 Å². The van der Waals surface area contributed by atoms with E-state index in [9.17, 15) is 15.0 Å². The molecule has 6 nitrogen and oxygen atoms in total. The SMILES string of the molecule is C/C=C1/CN2CC[C@@]34c5ccccc5N(C)C23[C@H](O)C[C@@H]1[C@@]4(CO)C(=O)OC. The van der Waals surface area contributed by atoms with Gasteiger partial charge < -0.3 is 19.8 Å². The summed E-state index contributed by atoms with van der Waals surface area (Å²) in [6.07, 6.45) is 2.56. The van der Waals surface area contributed by atoms with E-state index in [0.29, 0.717) is 19.4 Å². The summed E-state index contributed by atoms with van der Waals surface area (Å²) in [4.78, 5) is 18.1. The Labute approximate surface area is 165 Å². The van der Waals surface area contributed by atoms with Gasteiger partial charge in [-0.3, -0.25) is 9.69 Å². The van der Waals surface area contributed by atoms with Crippen molar-refractivity contribution in [2.45, 2.75) is 36.9 Å². The minimum Gasteiger partial charge on any atom is -0.468 e. The number of benzene rings is 1. The topological polar surface area (TPSA) is 73.2 Å². The van der Waals surface area contributed by atoms with Crippen LogP contribution in [0, 0.1) is 11.3 Å². The number of allylic oxidation sites excluding steroid dienone is 1. The summed E-state index contributed by atoms with van der Waals surface area (Å²) in [5.41, 5.74) is 0.539. The Kier molecular flexibility index (Phi) is 3.62. The highest BCUT2D eigenvalue weighted by Crippen LogP contribution is 2.73. The number of likely N-dealkylation sites (N-methyl/N-ethyl adjacent to an activating group) is 1. The van der Waals surface area contributed by atoms with E-state index < -0.39 is 22.6 Å². The van der Waals surface area contributed by atoms with Crippen molar-refractivity contribution in [1.29, 1.82) is 0 Å². The van der Waals surface area contributed by atoms with Gasteiger partial charge in [0, 0.05) is 31.7 Å². The smallest absolute Gasteiger partial charge is 0.315 e. The first-order valence-electron chi connectivity index (χ1n) is 10.1. The summed E-state index contributed by atoms with van der Waals surface area (Å²) < 4.78 is 5.38. The average Bonchev–Trinajstić information content (AvgIpc) is 3.10. The Bertz CT molecular complexity index is 885. The highest BCUT2D eigenvalue weighted by Gasteiger charge is 2.84. The van der Waals surface area contributed by atoms with Crippen LogP contribution in [0.1, 0.15) is 25.3 Å². The number of para-hydroxylation sites is 1. The minimum atomic E-state index is -1.13. The van der Waals surface area contributed by atoms with Crippen molar-refractivity contribution in [1.82, 2.24) is 4.90 Å². The molecule has 0 radical (unpaired) electrons. The third-order valence-electron chi connectivity index (χ3n) is 8.37. The van der Waals surface area contributed by atoms with Gasteiger partial charge in [0.15, 0.2) is 0 Å². The normalized spacial score (nSPS) is 44.4. The number of fused-ring (bicyclic) bond motifs is 3. The minimum absolute atomic E-state index is 0.261. The Morgan fingerprint density at radius 1 is 1.39 bits per heavy atom. The molecule has 28 heavy (non-hydrogen) atoms. The number of hydrogen-bond acceptors (Lipinski definition) is 6. The van der Waals surface area contributed by atoms with Gasteiger partial charge in [-0.2, -0.15) is 0 Å². The highest BCUT2D eigenvalue weighted by molar-refractivity contribution is 5.86. The molecule has 5 aliphatic rings. The van der Waals surface area contributed by atoms with Crippen LogP contribution in [0.25, 0.3) is 0 Å². The third kappa shape index (κ3) is 1.52. The molecule has 6 rings (SSSR count). The number of nitrogens with zero attached hydrogens (tertiary/aromatic N) is 2. The van der Waals surface area contributed by atoms with E-state index in [1.54, 1.807) is 0 Å². The summed E-state index contributed by atoms with van der Waals surface area (Å²) in [5, 5.41) is 22.5.